The van der Waals surface area contributed by atoms with Crippen molar-refractivity contribution in [3.8, 4) is 11.1 Å². The lowest BCUT2D eigenvalue weighted by Crippen LogP contribution is -2.27. The molecule has 0 aliphatic carbocycles. The lowest BCUT2D eigenvalue weighted by molar-refractivity contribution is 0.631. The van der Waals surface area contributed by atoms with E-state index in [4.69, 9.17) is 16.6 Å². The molecule has 0 saturated carbocycles. The van der Waals surface area contributed by atoms with E-state index in [0.29, 0.717) is 5.02 Å². The van der Waals surface area contributed by atoms with E-state index in [-0.39, 0.29) is 5.54 Å². The molecule has 1 heterocycles. The van der Waals surface area contributed by atoms with E-state index in [1.54, 1.807) is 0 Å². The van der Waals surface area contributed by atoms with Crippen molar-refractivity contribution in [3.05, 3.63) is 58.0 Å². The first-order chi connectivity index (χ1) is 10.8. The van der Waals surface area contributed by atoms with Gasteiger partial charge in [-0.15, -0.1) is 0 Å². The van der Waals surface area contributed by atoms with Gasteiger partial charge in [-0.05, 0) is 44.5 Å². The molecule has 0 aliphatic rings. The summed E-state index contributed by atoms with van der Waals surface area (Å²) in [7, 11) is 0. The van der Waals surface area contributed by atoms with Gasteiger partial charge in [0, 0.05) is 21.0 Å². The predicted octanol–water partition coefficient (Wildman–Crippen LogP) is 6.53. The van der Waals surface area contributed by atoms with Gasteiger partial charge in [0.2, 0.25) is 0 Å². The highest BCUT2D eigenvalue weighted by molar-refractivity contribution is 9.10. The van der Waals surface area contributed by atoms with Gasteiger partial charge in [-0.1, -0.05) is 57.9 Å². The number of fused-ring (bicyclic) bond motifs is 1. The van der Waals surface area contributed by atoms with E-state index in [9.17, 15) is 0 Å². The highest BCUT2D eigenvalue weighted by Gasteiger charge is 2.19. The molecule has 3 aromatic rings. The van der Waals surface area contributed by atoms with E-state index in [1.807, 2.05) is 36.4 Å². The van der Waals surface area contributed by atoms with E-state index < -0.39 is 0 Å². The standard InChI is InChI=1S/C19H18BrClN2/c1-19(2,3)23-18-16(12-7-5-4-6-8-12)17(21)14-11-13(20)9-10-15(14)22-18/h4-11H,1-3H3,(H,22,23). The fourth-order valence-corrected chi connectivity index (χ4v) is 3.22. The van der Waals surface area contributed by atoms with Gasteiger partial charge in [-0.2, -0.15) is 0 Å². The van der Waals surface area contributed by atoms with Gasteiger partial charge in [-0.25, -0.2) is 4.98 Å². The number of nitrogens with one attached hydrogen (secondary N) is 1. The summed E-state index contributed by atoms with van der Waals surface area (Å²) in [4.78, 5) is 4.82. The largest absolute Gasteiger partial charge is 0.365 e. The molecule has 2 aromatic carbocycles. The zero-order chi connectivity index (χ0) is 16.6. The lowest BCUT2D eigenvalue weighted by atomic mass is 10.0. The van der Waals surface area contributed by atoms with Gasteiger partial charge in [-0.3, -0.25) is 0 Å². The molecule has 0 aliphatic heterocycles. The van der Waals surface area contributed by atoms with Crippen molar-refractivity contribution < 1.29 is 0 Å². The highest BCUT2D eigenvalue weighted by Crippen LogP contribution is 2.40. The summed E-state index contributed by atoms with van der Waals surface area (Å²) < 4.78 is 0.990. The van der Waals surface area contributed by atoms with Gasteiger partial charge >= 0.3 is 0 Å². The molecule has 0 bridgehead atoms. The summed E-state index contributed by atoms with van der Waals surface area (Å²) >= 11 is 10.3. The van der Waals surface area contributed by atoms with Crippen LogP contribution in [0.25, 0.3) is 22.0 Å². The van der Waals surface area contributed by atoms with Crippen LogP contribution < -0.4 is 5.32 Å². The van der Waals surface area contributed by atoms with Crippen molar-refractivity contribution in [1.82, 2.24) is 4.98 Å². The second kappa shape index (κ2) is 6.14. The van der Waals surface area contributed by atoms with Crippen molar-refractivity contribution in [3.63, 3.8) is 0 Å². The quantitative estimate of drug-likeness (QED) is 0.539. The summed E-state index contributed by atoms with van der Waals surface area (Å²) in [5.41, 5.74) is 2.76. The van der Waals surface area contributed by atoms with Crippen LogP contribution in [0, 0.1) is 0 Å². The molecule has 0 fully saturated rings. The van der Waals surface area contributed by atoms with Crippen LogP contribution in [0.5, 0.6) is 0 Å². The van der Waals surface area contributed by atoms with Crippen LogP contribution in [0.3, 0.4) is 0 Å². The Hall–Kier alpha value is -1.58. The Bertz CT molecular complexity index is 855. The van der Waals surface area contributed by atoms with E-state index in [0.717, 1.165) is 32.3 Å². The number of anilines is 1. The summed E-state index contributed by atoms with van der Waals surface area (Å²) in [5, 5.41) is 5.15. The second-order valence-electron chi connectivity index (χ2n) is 6.55. The fourth-order valence-electron chi connectivity index (χ4n) is 2.51. The molecule has 2 nitrogen and oxygen atoms in total. The monoisotopic (exact) mass is 388 g/mol. The van der Waals surface area contributed by atoms with Gasteiger partial charge in [0.25, 0.3) is 0 Å². The number of hydrogen-bond acceptors (Lipinski definition) is 2. The van der Waals surface area contributed by atoms with Crippen LogP contribution >= 0.6 is 27.5 Å². The molecule has 23 heavy (non-hydrogen) atoms. The van der Waals surface area contributed by atoms with Gasteiger partial charge < -0.3 is 5.32 Å². The molecule has 0 spiro atoms. The third-order valence-electron chi connectivity index (χ3n) is 3.44. The van der Waals surface area contributed by atoms with E-state index in [1.165, 1.54) is 0 Å². The molecule has 0 saturated heterocycles. The van der Waals surface area contributed by atoms with Crippen molar-refractivity contribution in [2.75, 3.05) is 5.32 Å². The smallest absolute Gasteiger partial charge is 0.136 e. The van der Waals surface area contributed by atoms with E-state index in [2.05, 4.69) is 54.2 Å². The minimum absolute atomic E-state index is 0.108. The van der Waals surface area contributed by atoms with Gasteiger partial charge in [0.1, 0.15) is 5.82 Å². The number of rotatable bonds is 2. The van der Waals surface area contributed by atoms with Crippen LogP contribution in [0.1, 0.15) is 20.8 Å². The second-order valence-corrected chi connectivity index (χ2v) is 7.85. The molecule has 0 radical (unpaired) electrons. The first-order valence-electron chi connectivity index (χ1n) is 7.47. The maximum absolute atomic E-state index is 6.78. The predicted molar refractivity (Wildman–Crippen MR) is 103 cm³/mol. The molecule has 118 valence electrons. The normalized spacial score (nSPS) is 11.7. The third-order valence-corrected chi connectivity index (χ3v) is 4.33. The Labute approximate surface area is 150 Å². The summed E-state index contributed by atoms with van der Waals surface area (Å²) in [6.45, 7) is 6.34. The van der Waals surface area contributed by atoms with Crippen LogP contribution in [0.2, 0.25) is 5.02 Å². The van der Waals surface area contributed by atoms with Crippen LogP contribution in [0.4, 0.5) is 5.82 Å². The number of benzene rings is 2. The molecule has 3 rings (SSSR count). The number of aromatic nitrogens is 1. The summed E-state index contributed by atoms with van der Waals surface area (Å²) in [6, 6.07) is 16.1. The number of pyridine rings is 1. The first-order valence-corrected chi connectivity index (χ1v) is 8.64. The zero-order valence-corrected chi connectivity index (χ0v) is 15.7. The molecule has 0 unspecified atom stereocenters. The lowest BCUT2D eigenvalue weighted by Gasteiger charge is -2.24. The number of hydrogen-bond donors (Lipinski definition) is 1. The number of halogens is 2. The topological polar surface area (TPSA) is 24.9 Å². The molecule has 0 atom stereocenters. The molecular weight excluding hydrogens is 372 g/mol. The zero-order valence-electron chi connectivity index (χ0n) is 13.3. The Morgan fingerprint density at radius 3 is 2.39 bits per heavy atom. The third kappa shape index (κ3) is 3.51. The van der Waals surface area contributed by atoms with Gasteiger partial charge in [0.15, 0.2) is 0 Å². The average molecular weight is 390 g/mol. The Morgan fingerprint density at radius 2 is 1.74 bits per heavy atom. The van der Waals surface area contributed by atoms with Crippen LogP contribution in [-0.4, -0.2) is 10.5 Å². The maximum atomic E-state index is 6.78. The van der Waals surface area contributed by atoms with Crippen molar-refractivity contribution in [1.29, 1.82) is 0 Å². The van der Waals surface area contributed by atoms with Crippen molar-refractivity contribution in [2.24, 2.45) is 0 Å². The van der Waals surface area contributed by atoms with Crippen molar-refractivity contribution in [2.45, 2.75) is 26.3 Å². The SMILES string of the molecule is CC(C)(C)Nc1nc2ccc(Br)cc2c(Cl)c1-c1ccccc1. The minimum atomic E-state index is -0.108. The Balaban J connectivity index is 2.33. The molecule has 0 amide bonds. The number of nitrogens with zero attached hydrogens (tertiary/aromatic N) is 1. The fraction of sp³-hybridized carbons (Fsp3) is 0.211. The van der Waals surface area contributed by atoms with Crippen LogP contribution in [-0.2, 0) is 0 Å². The first kappa shape index (κ1) is 16.3. The van der Waals surface area contributed by atoms with E-state index >= 15 is 0 Å². The highest BCUT2D eigenvalue weighted by atomic mass is 79.9. The molecule has 1 aromatic heterocycles. The van der Waals surface area contributed by atoms with Crippen LogP contribution in [0.15, 0.2) is 53.0 Å². The Kier molecular flexibility index (Phi) is 4.35. The summed E-state index contributed by atoms with van der Waals surface area (Å²) in [5.74, 6) is 0.809. The minimum Gasteiger partial charge on any atom is -0.365 e. The average Bonchev–Trinajstić information content (AvgIpc) is 2.48. The van der Waals surface area contributed by atoms with Crippen molar-refractivity contribution >= 4 is 44.3 Å². The molecular formula is C19H18BrClN2. The van der Waals surface area contributed by atoms with Gasteiger partial charge in [0.05, 0.1) is 10.5 Å². The molecule has 4 heteroatoms. The maximum Gasteiger partial charge on any atom is 0.136 e. The summed E-state index contributed by atoms with van der Waals surface area (Å²) in [6.07, 6.45) is 0. The molecule has 1 N–H and O–H groups in total. The Morgan fingerprint density at radius 1 is 1.04 bits per heavy atom.